The van der Waals surface area contributed by atoms with E-state index in [9.17, 15) is 18.0 Å². The number of esters is 1. The van der Waals surface area contributed by atoms with Gasteiger partial charge in [0.1, 0.15) is 0 Å². The zero-order valence-corrected chi connectivity index (χ0v) is 17.2. The van der Waals surface area contributed by atoms with Gasteiger partial charge in [0.25, 0.3) is 0 Å². The third-order valence-electron chi connectivity index (χ3n) is 4.02. The van der Waals surface area contributed by atoms with Crippen LogP contribution in [0.4, 0.5) is 0 Å². The van der Waals surface area contributed by atoms with Crippen molar-refractivity contribution in [3.63, 3.8) is 0 Å². The van der Waals surface area contributed by atoms with Crippen molar-refractivity contribution in [2.75, 3.05) is 13.2 Å². The quantitative estimate of drug-likeness (QED) is 0.390. The van der Waals surface area contributed by atoms with Gasteiger partial charge >= 0.3 is 5.97 Å². The number of aryl methyl sites for hydroxylation is 3. The van der Waals surface area contributed by atoms with Crippen LogP contribution in [0.2, 0.25) is 0 Å². The Bertz CT molecular complexity index is 931. The average Bonchev–Trinajstić information content (AvgIpc) is 3.05. The maximum atomic E-state index is 12.2. The van der Waals surface area contributed by atoms with E-state index in [0.29, 0.717) is 4.88 Å². The molecule has 2 rings (SSSR count). The Morgan fingerprint density at radius 2 is 1.81 bits per heavy atom. The van der Waals surface area contributed by atoms with E-state index in [2.05, 4.69) is 4.72 Å². The Balaban J connectivity index is 1.73. The molecule has 1 aromatic carbocycles. The molecule has 0 bridgehead atoms. The Morgan fingerprint density at radius 1 is 1.07 bits per heavy atom. The molecule has 0 saturated carbocycles. The van der Waals surface area contributed by atoms with E-state index in [-0.39, 0.29) is 36.7 Å². The average molecular weight is 410 g/mol. The molecule has 8 heteroatoms. The molecule has 27 heavy (non-hydrogen) atoms. The summed E-state index contributed by atoms with van der Waals surface area (Å²) in [4.78, 5) is 25.4. The number of nitrogens with one attached hydrogen (secondary N) is 1. The minimum Gasteiger partial charge on any atom is -0.457 e. The van der Waals surface area contributed by atoms with Crippen molar-refractivity contribution in [2.45, 2.75) is 38.5 Å². The van der Waals surface area contributed by atoms with Gasteiger partial charge in [-0.3, -0.25) is 9.59 Å². The smallest absolute Gasteiger partial charge is 0.306 e. The van der Waals surface area contributed by atoms with Crippen molar-refractivity contribution in [2.24, 2.45) is 0 Å². The maximum absolute atomic E-state index is 12.2. The number of hydrogen-bond acceptors (Lipinski definition) is 6. The highest BCUT2D eigenvalue weighted by atomic mass is 32.2. The van der Waals surface area contributed by atoms with Gasteiger partial charge < -0.3 is 4.74 Å². The fraction of sp³-hybridized carbons (Fsp3) is 0.368. The number of benzene rings is 1. The minimum atomic E-state index is -3.61. The summed E-state index contributed by atoms with van der Waals surface area (Å²) >= 11 is 1.35. The van der Waals surface area contributed by atoms with Crippen molar-refractivity contribution >= 4 is 33.1 Å². The van der Waals surface area contributed by atoms with E-state index in [1.54, 1.807) is 24.3 Å². The fourth-order valence-corrected chi connectivity index (χ4v) is 4.23. The van der Waals surface area contributed by atoms with Crippen LogP contribution in [0.3, 0.4) is 0 Å². The largest absolute Gasteiger partial charge is 0.457 e. The lowest BCUT2D eigenvalue weighted by atomic mass is 10.1. The van der Waals surface area contributed by atoms with Crippen LogP contribution in [0.1, 0.15) is 38.5 Å². The molecule has 146 valence electrons. The first-order valence-electron chi connectivity index (χ1n) is 8.51. The lowest BCUT2D eigenvalue weighted by Crippen LogP contribution is -2.25. The molecule has 1 heterocycles. The van der Waals surface area contributed by atoms with E-state index < -0.39 is 16.0 Å². The molecule has 2 aromatic rings. The Hall–Kier alpha value is -2.03. The molecule has 0 radical (unpaired) electrons. The molecule has 0 saturated heterocycles. The second-order valence-corrected chi connectivity index (χ2v) is 9.30. The van der Waals surface area contributed by atoms with Crippen molar-refractivity contribution in [3.8, 4) is 0 Å². The van der Waals surface area contributed by atoms with Gasteiger partial charge in [-0.2, -0.15) is 0 Å². The van der Waals surface area contributed by atoms with Gasteiger partial charge in [0, 0.05) is 17.8 Å². The lowest BCUT2D eigenvalue weighted by molar-refractivity contribution is -0.142. The van der Waals surface area contributed by atoms with Gasteiger partial charge in [0.2, 0.25) is 15.8 Å². The molecule has 0 amide bonds. The topological polar surface area (TPSA) is 89.5 Å². The first kappa shape index (κ1) is 21.3. The molecule has 0 aliphatic heterocycles. The predicted octanol–water partition coefficient (Wildman–Crippen LogP) is 3.16. The van der Waals surface area contributed by atoms with Gasteiger partial charge in [0.15, 0.2) is 6.61 Å². The molecule has 1 N–H and O–H groups in total. The summed E-state index contributed by atoms with van der Waals surface area (Å²) in [5.74, 6) is -0.765. The SMILES string of the molecule is Cc1ccc(C(=O)COC(=O)CCCNS(=O)(=O)c2ccc(C)c(C)c2)s1. The molecule has 0 unspecified atom stereocenters. The van der Waals surface area contributed by atoms with Crippen LogP contribution in [0, 0.1) is 20.8 Å². The summed E-state index contributed by atoms with van der Waals surface area (Å²) in [6.07, 6.45) is 0.321. The van der Waals surface area contributed by atoms with Gasteiger partial charge in [-0.1, -0.05) is 6.07 Å². The second-order valence-electron chi connectivity index (χ2n) is 6.24. The summed E-state index contributed by atoms with van der Waals surface area (Å²) < 4.78 is 31.9. The number of carbonyl (C=O) groups excluding carboxylic acids is 2. The first-order chi connectivity index (χ1) is 12.7. The predicted molar refractivity (Wildman–Crippen MR) is 105 cm³/mol. The number of Topliss-reactive ketones (excluding diaryl/α,β-unsaturated/α-hetero) is 1. The monoisotopic (exact) mass is 409 g/mol. The Labute approximate surface area is 163 Å². The highest BCUT2D eigenvalue weighted by molar-refractivity contribution is 7.89. The van der Waals surface area contributed by atoms with E-state index in [1.165, 1.54) is 11.3 Å². The third kappa shape index (κ3) is 6.27. The number of ether oxygens (including phenoxy) is 1. The molecule has 0 atom stereocenters. The van der Waals surface area contributed by atoms with E-state index in [1.807, 2.05) is 26.8 Å². The maximum Gasteiger partial charge on any atom is 0.306 e. The number of thiophene rings is 1. The zero-order chi connectivity index (χ0) is 20.0. The molecular formula is C19H23NO5S2. The van der Waals surface area contributed by atoms with Crippen molar-refractivity contribution in [1.29, 1.82) is 0 Å². The van der Waals surface area contributed by atoms with Gasteiger partial charge in [-0.25, -0.2) is 13.1 Å². The molecule has 0 aliphatic carbocycles. The van der Waals surface area contributed by atoms with Crippen molar-refractivity contribution in [1.82, 2.24) is 4.72 Å². The van der Waals surface area contributed by atoms with Crippen molar-refractivity contribution in [3.05, 3.63) is 51.2 Å². The standard InChI is InChI=1S/C19H23NO5S2/c1-13-6-8-16(11-14(13)2)27(23,24)20-10-4-5-19(22)25-12-17(21)18-9-7-15(3)26-18/h6-9,11,20H,4-5,10,12H2,1-3H3. The van der Waals surface area contributed by atoms with E-state index >= 15 is 0 Å². The molecular weight excluding hydrogens is 386 g/mol. The van der Waals surface area contributed by atoms with Gasteiger partial charge in [0.05, 0.1) is 9.77 Å². The summed E-state index contributed by atoms with van der Waals surface area (Å²) in [7, 11) is -3.61. The van der Waals surface area contributed by atoms with Gasteiger partial charge in [-0.15, -0.1) is 11.3 Å². The van der Waals surface area contributed by atoms with Crippen molar-refractivity contribution < 1.29 is 22.7 Å². The van der Waals surface area contributed by atoms with Crippen LogP contribution in [0.25, 0.3) is 0 Å². The normalized spacial score (nSPS) is 11.4. The lowest BCUT2D eigenvalue weighted by Gasteiger charge is -2.08. The highest BCUT2D eigenvalue weighted by Gasteiger charge is 2.15. The molecule has 1 aromatic heterocycles. The van der Waals surface area contributed by atoms with E-state index in [4.69, 9.17) is 4.74 Å². The highest BCUT2D eigenvalue weighted by Crippen LogP contribution is 2.16. The first-order valence-corrected chi connectivity index (χ1v) is 10.8. The van der Waals surface area contributed by atoms with Crippen LogP contribution >= 0.6 is 11.3 Å². The fourth-order valence-electron chi connectivity index (χ4n) is 2.28. The van der Waals surface area contributed by atoms with Crippen LogP contribution in [-0.4, -0.2) is 33.3 Å². The Kier molecular flexibility index (Phi) is 7.29. The second kappa shape index (κ2) is 9.25. The number of hydrogen-bond donors (Lipinski definition) is 1. The summed E-state index contributed by atoms with van der Waals surface area (Å²) in [5.41, 5.74) is 1.91. The van der Waals surface area contributed by atoms with Crippen LogP contribution in [0.15, 0.2) is 35.2 Å². The molecule has 0 aliphatic rings. The summed E-state index contributed by atoms with van der Waals surface area (Å²) in [6, 6.07) is 8.47. The number of sulfonamides is 1. The number of ketones is 1. The van der Waals surface area contributed by atoms with Crippen LogP contribution in [-0.2, 0) is 19.6 Å². The van der Waals surface area contributed by atoms with Gasteiger partial charge in [-0.05, 0) is 62.6 Å². The summed E-state index contributed by atoms with van der Waals surface area (Å²) in [5, 5.41) is 0. The third-order valence-corrected chi connectivity index (χ3v) is 6.52. The molecule has 0 fully saturated rings. The van der Waals surface area contributed by atoms with Crippen LogP contribution < -0.4 is 4.72 Å². The summed E-state index contributed by atoms with van der Waals surface area (Å²) in [6.45, 7) is 5.47. The zero-order valence-electron chi connectivity index (χ0n) is 15.6. The van der Waals surface area contributed by atoms with E-state index in [0.717, 1.165) is 16.0 Å². The Morgan fingerprint density at radius 3 is 2.44 bits per heavy atom. The van der Waals surface area contributed by atoms with Crippen LogP contribution in [0.5, 0.6) is 0 Å². The molecule has 6 nitrogen and oxygen atoms in total. The molecule has 0 spiro atoms. The minimum absolute atomic E-state index is 0.0339. The number of carbonyl (C=O) groups is 2. The number of rotatable bonds is 9.